The van der Waals surface area contributed by atoms with Crippen LogP contribution in [0.1, 0.15) is 6.42 Å². The Morgan fingerprint density at radius 2 is 0.938 bits per heavy atom. The highest BCUT2D eigenvalue weighted by molar-refractivity contribution is 5.78. The Hall–Kier alpha value is -2.61. The van der Waals surface area contributed by atoms with Crippen LogP contribution in [0.25, 0.3) is 0 Å². The number of carboxylic acid groups (broad SMARTS) is 3. The number of carbonyl (C=O) groups excluding carboxylic acids is 5. The summed E-state index contributed by atoms with van der Waals surface area (Å²) >= 11 is 0. The van der Waals surface area contributed by atoms with Gasteiger partial charge in [-0.25, -0.2) is 0 Å². The summed E-state index contributed by atoms with van der Waals surface area (Å²) < 4.78 is 0. The van der Waals surface area contributed by atoms with Gasteiger partial charge in [0.1, 0.15) is 6.29 Å². The van der Waals surface area contributed by atoms with Crippen molar-refractivity contribution in [1.29, 1.82) is 0 Å². The van der Waals surface area contributed by atoms with Crippen LogP contribution in [0.4, 0.5) is 0 Å². The summed E-state index contributed by atoms with van der Waals surface area (Å²) in [5, 5.41) is 35.9. The van der Waals surface area contributed by atoms with Crippen LogP contribution in [-0.2, 0) is 24.0 Å². The lowest BCUT2D eigenvalue weighted by atomic mass is 10.3. The third-order valence-electron chi connectivity index (χ3n) is 4.94. The van der Waals surface area contributed by atoms with Crippen molar-refractivity contribution in [3.05, 3.63) is 0 Å². The Labute approximate surface area is 186 Å². The first-order valence-corrected chi connectivity index (χ1v) is 10.4. The van der Waals surface area contributed by atoms with Gasteiger partial charge in [-0.15, -0.1) is 0 Å². The minimum atomic E-state index is -1.29. The number of rotatable bonds is 11. The first-order valence-electron chi connectivity index (χ1n) is 10.4. The molecule has 1 aliphatic rings. The third kappa shape index (κ3) is 12.9. The van der Waals surface area contributed by atoms with Crippen molar-refractivity contribution in [3.63, 3.8) is 0 Å². The van der Waals surface area contributed by atoms with E-state index in [4.69, 9.17) is 0 Å². The van der Waals surface area contributed by atoms with E-state index >= 15 is 0 Å². The molecule has 0 aromatic carbocycles. The van der Waals surface area contributed by atoms with E-state index < -0.39 is 17.9 Å². The first kappa shape index (κ1) is 27.4. The highest BCUT2D eigenvalue weighted by atomic mass is 16.4. The Bertz CT molecular complexity index is 615. The second-order valence-corrected chi connectivity index (χ2v) is 7.53. The van der Waals surface area contributed by atoms with E-state index in [1.165, 1.54) is 0 Å². The van der Waals surface area contributed by atoms with Gasteiger partial charge in [-0.2, -0.15) is 0 Å². The molecular weight excluding hydrogens is 426 g/mol. The van der Waals surface area contributed by atoms with E-state index in [1.54, 1.807) is 19.6 Å². The topological polar surface area (TPSA) is 180 Å². The predicted molar refractivity (Wildman–Crippen MR) is 104 cm³/mol. The minimum Gasteiger partial charge on any atom is -0.549 e. The maximum Gasteiger partial charge on any atom is 0.234 e. The first-order chi connectivity index (χ1) is 15.2. The Balaban J connectivity index is 2.90. The van der Waals surface area contributed by atoms with Gasteiger partial charge < -0.3 is 39.8 Å². The zero-order valence-corrected chi connectivity index (χ0v) is 18.0. The Morgan fingerprint density at radius 3 is 1.22 bits per heavy atom. The summed E-state index contributed by atoms with van der Waals surface area (Å²) in [6.07, 6.45) is 0.878. The quantitative estimate of drug-likeness (QED) is 0.230. The van der Waals surface area contributed by atoms with E-state index in [-0.39, 0.29) is 84.3 Å². The molecule has 1 heterocycles. The van der Waals surface area contributed by atoms with E-state index in [0.29, 0.717) is 19.4 Å². The third-order valence-corrected chi connectivity index (χ3v) is 4.94. The van der Waals surface area contributed by atoms with Crippen LogP contribution in [0.3, 0.4) is 0 Å². The smallest absolute Gasteiger partial charge is 0.234 e. The van der Waals surface area contributed by atoms with Gasteiger partial charge in [0.25, 0.3) is 0 Å². The lowest BCUT2D eigenvalue weighted by Crippen LogP contribution is -2.52. The van der Waals surface area contributed by atoms with Crippen molar-refractivity contribution < 1.29 is 39.3 Å². The molecule has 0 bridgehead atoms. The Kier molecular flexibility index (Phi) is 13.1. The van der Waals surface area contributed by atoms with Crippen LogP contribution in [0.5, 0.6) is 0 Å². The standard InChI is InChI=1S/C19H33N5O8/c25-11-1-2-20-16(26)12-21-3-5-22(13-17(27)28)7-9-24(15-19(31)32)10-8-23(6-4-21)14-18(29)30/h11H,1-10,12-15H2,(H,20,26)(H,27,28)(H,29,30)(H,31,32)/p-3. The maximum atomic E-state index is 12.2. The van der Waals surface area contributed by atoms with Crippen LogP contribution in [0.15, 0.2) is 0 Å². The molecule has 1 aliphatic heterocycles. The molecule has 1 N–H and O–H groups in total. The van der Waals surface area contributed by atoms with Gasteiger partial charge in [0, 0.05) is 85.0 Å². The molecule has 32 heavy (non-hydrogen) atoms. The van der Waals surface area contributed by atoms with E-state index in [1.807, 2.05) is 0 Å². The highest BCUT2D eigenvalue weighted by Gasteiger charge is 2.18. The summed E-state index contributed by atoms with van der Waals surface area (Å²) in [4.78, 5) is 62.3. The molecule has 1 amide bonds. The van der Waals surface area contributed by atoms with Crippen LogP contribution in [0, 0.1) is 0 Å². The molecule has 0 spiro atoms. The summed E-state index contributed by atoms with van der Waals surface area (Å²) in [5.74, 6) is -4.15. The van der Waals surface area contributed by atoms with Gasteiger partial charge >= 0.3 is 0 Å². The number of nitrogens with one attached hydrogen (secondary N) is 1. The molecule has 1 fully saturated rings. The number of aldehydes is 1. The van der Waals surface area contributed by atoms with Gasteiger partial charge in [-0.1, -0.05) is 0 Å². The average Bonchev–Trinajstić information content (AvgIpc) is 2.69. The van der Waals surface area contributed by atoms with Crippen LogP contribution in [-0.4, -0.2) is 135 Å². The average molecular weight is 456 g/mol. The number of carbonyl (C=O) groups is 5. The molecule has 1 rings (SSSR count). The van der Waals surface area contributed by atoms with Gasteiger partial charge in [0.15, 0.2) is 0 Å². The largest absolute Gasteiger partial charge is 0.549 e. The summed E-state index contributed by atoms with van der Waals surface area (Å²) in [7, 11) is 0. The van der Waals surface area contributed by atoms with Crippen molar-refractivity contribution in [2.75, 3.05) is 85.1 Å². The predicted octanol–water partition coefficient (Wildman–Crippen LogP) is -6.84. The fourth-order valence-electron chi connectivity index (χ4n) is 3.29. The maximum absolute atomic E-state index is 12.2. The fraction of sp³-hybridized carbons (Fsp3) is 0.737. The molecule has 0 unspecified atom stereocenters. The number of nitrogens with zero attached hydrogens (tertiary/aromatic N) is 4. The second-order valence-electron chi connectivity index (χ2n) is 7.53. The molecule has 13 nitrogen and oxygen atoms in total. The number of aliphatic carboxylic acids is 3. The number of hydrogen-bond acceptors (Lipinski definition) is 12. The minimum absolute atomic E-state index is 0.00596. The molecule has 0 aromatic rings. The molecule has 0 atom stereocenters. The number of carboxylic acids is 3. The van der Waals surface area contributed by atoms with Gasteiger partial charge in [-0.05, 0) is 0 Å². The summed E-state index contributed by atoms with van der Waals surface area (Å²) in [5.41, 5.74) is 0. The SMILES string of the molecule is O=CCCNC(=O)CN1CCN(CC(=O)[O-])CCN(CC(=O)[O-])CCN(CC(=O)[O-])CC1. The van der Waals surface area contributed by atoms with E-state index in [2.05, 4.69) is 5.32 Å². The number of hydrogen-bond donors (Lipinski definition) is 1. The number of amides is 1. The highest BCUT2D eigenvalue weighted by Crippen LogP contribution is 2.01. The van der Waals surface area contributed by atoms with Crippen molar-refractivity contribution >= 4 is 30.1 Å². The van der Waals surface area contributed by atoms with Crippen LogP contribution < -0.4 is 20.6 Å². The van der Waals surface area contributed by atoms with Crippen molar-refractivity contribution in [1.82, 2.24) is 24.9 Å². The zero-order valence-electron chi connectivity index (χ0n) is 18.0. The summed E-state index contributed by atoms with van der Waals surface area (Å²) in [6.45, 7) is 1.23. The molecule has 182 valence electrons. The second kappa shape index (κ2) is 15.2. The normalized spacial score (nSPS) is 18.2. The van der Waals surface area contributed by atoms with Crippen LogP contribution in [0.2, 0.25) is 0 Å². The Morgan fingerprint density at radius 1 is 0.625 bits per heavy atom. The van der Waals surface area contributed by atoms with E-state index in [0.717, 1.165) is 0 Å². The van der Waals surface area contributed by atoms with Gasteiger partial charge in [0.05, 0.1) is 24.5 Å². The molecule has 1 saturated heterocycles. The zero-order chi connectivity index (χ0) is 23.9. The molecule has 0 saturated carbocycles. The lowest BCUT2D eigenvalue weighted by Gasteiger charge is -2.34. The molecule has 0 aromatic heterocycles. The van der Waals surface area contributed by atoms with E-state index in [9.17, 15) is 39.3 Å². The molecule has 0 aliphatic carbocycles. The molecular formula is C19H30N5O8-3. The molecule has 0 radical (unpaired) electrons. The van der Waals surface area contributed by atoms with Gasteiger partial charge in [0.2, 0.25) is 5.91 Å². The van der Waals surface area contributed by atoms with Crippen molar-refractivity contribution in [2.45, 2.75) is 6.42 Å². The fourth-order valence-corrected chi connectivity index (χ4v) is 3.29. The van der Waals surface area contributed by atoms with Gasteiger partial charge in [-0.3, -0.25) is 24.4 Å². The van der Waals surface area contributed by atoms with Crippen molar-refractivity contribution in [3.8, 4) is 0 Å². The summed E-state index contributed by atoms with van der Waals surface area (Å²) in [6, 6.07) is 0. The van der Waals surface area contributed by atoms with Crippen LogP contribution >= 0.6 is 0 Å². The lowest BCUT2D eigenvalue weighted by molar-refractivity contribution is -0.308. The monoisotopic (exact) mass is 456 g/mol. The molecule has 13 heteroatoms. The van der Waals surface area contributed by atoms with Crippen molar-refractivity contribution in [2.24, 2.45) is 0 Å².